The molecular formula is C17H21N. The van der Waals surface area contributed by atoms with Crippen molar-refractivity contribution >= 4 is 10.9 Å². The van der Waals surface area contributed by atoms with E-state index in [1.165, 1.54) is 40.6 Å². The van der Waals surface area contributed by atoms with Crippen LogP contribution in [0.1, 0.15) is 49.9 Å². The highest BCUT2D eigenvalue weighted by atomic mass is 14.7. The first kappa shape index (κ1) is 11.7. The minimum absolute atomic E-state index is 0.575. The standard InChI is InChI=1S/C17H21N/c1-11(2)13-6-7-15-9-14-5-4-12(3)8-16(14)18-17(15)10-13/h6-7,9-12H,4-5,8H2,1-3H3/t12-/m1/s1. The first-order valence-electron chi connectivity index (χ1n) is 7.06. The minimum atomic E-state index is 0.575. The number of benzene rings is 1. The summed E-state index contributed by atoms with van der Waals surface area (Å²) in [6.07, 6.45) is 3.66. The second kappa shape index (κ2) is 4.38. The summed E-state index contributed by atoms with van der Waals surface area (Å²) in [4.78, 5) is 4.91. The van der Waals surface area contributed by atoms with Gasteiger partial charge in [0.15, 0.2) is 0 Å². The topological polar surface area (TPSA) is 12.9 Å². The molecule has 0 aliphatic heterocycles. The van der Waals surface area contributed by atoms with Crippen LogP contribution < -0.4 is 0 Å². The van der Waals surface area contributed by atoms with Crippen LogP contribution in [-0.2, 0) is 12.8 Å². The van der Waals surface area contributed by atoms with Crippen LogP contribution in [0.2, 0.25) is 0 Å². The predicted molar refractivity (Wildman–Crippen MR) is 77.0 cm³/mol. The van der Waals surface area contributed by atoms with Crippen molar-refractivity contribution < 1.29 is 0 Å². The van der Waals surface area contributed by atoms with Crippen molar-refractivity contribution in [1.82, 2.24) is 4.98 Å². The Bertz CT molecular complexity index is 583. The van der Waals surface area contributed by atoms with Crippen LogP contribution in [0, 0.1) is 5.92 Å². The van der Waals surface area contributed by atoms with Gasteiger partial charge in [0.25, 0.3) is 0 Å². The first-order valence-corrected chi connectivity index (χ1v) is 7.06. The molecule has 1 heteroatoms. The lowest BCUT2D eigenvalue weighted by atomic mass is 9.87. The molecule has 1 aliphatic rings. The van der Waals surface area contributed by atoms with E-state index in [2.05, 4.69) is 45.0 Å². The molecule has 0 radical (unpaired) electrons. The van der Waals surface area contributed by atoms with Crippen molar-refractivity contribution in [3.63, 3.8) is 0 Å². The van der Waals surface area contributed by atoms with E-state index in [1.54, 1.807) is 0 Å². The average Bonchev–Trinajstić information content (AvgIpc) is 2.35. The van der Waals surface area contributed by atoms with Crippen molar-refractivity contribution in [2.24, 2.45) is 5.92 Å². The van der Waals surface area contributed by atoms with Crippen molar-refractivity contribution in [3.8, 4) is 0 Å². The third-order valence-corrected chi connectivity index (χ3v) is 4.13. The number of nitrogens with zero attached hydrogens (tertiary/aromatic N) is 1. The molecule has 0 amide bonds. The number of hydrogen-bond donors (Lipinski definition) is 0. The van der Waals surface area contributed by atoms with E-state index in [0.29, 0.717) is 5.92 Å². The second-order valence-corrected chi connectivity index (χ2v) is 6.05. The van der Waals surface area contributed by atoms with E-state index in [4.69, 9.17) is 4.98 Å². The number of pyridine rings is 1. The highest BCUT2D eigenvalue weighted by molar-refractivity contribution is 5.80. The SMILES string of the molecule is CC(C)c1ccc2cc3c(nc2c1)C[C@H](C)CC3. The van der Waals surface area contributed by atoms with Crippen LogP contribution in [0.5, 0.6) is 0 Å². The van der Waals surface area contributed by atoms with Gasteiger partial charge in [-0.05, 0) is 54.4 Å². The van der Waals surface area contributed by atoms with Crippen LogP contribution in [0.3, 0.4) is 0 Å². The van der Waals surface area contributed by atoms with Crippen LogP contribution in [0.4, 0.5) is 0 Å². The third-order valence-electron chi connectivity index (χ3n) is 4.13. The van der Waals surface area contributed by atoms with E-state index in [0.717, 1.165) is 12.3 Å². The number of hydrogen-bond acceptors (Lipinski definition) is 1. The van der Waals surface area contributed by atoms with Gasteiger partial charge in [0.05, 0.1) is 5.52 Å². The molecule has 0 unspecified atom stereocenters. The second-order valence-electron chi connectivity index (χ2n) is 6.05. The minimum Gasteiger partial charge on any atom is -0.253 e. The first-order chi connectivity index (χ1) is 8.63. The smallest absolute Gasteiger partial charge is 0.0708 e. The Labute approximate surface area is 109 Å². The molecule has 0 fully saturated rings. The largest absolute Gasteiger partial charge is 0.253 e. The summed E-state index contributed by atoms with van der Waals surface area (Å²) in [6, 6.07) is 9.09. The molecule has 2 aromatic rings. The van der Waals surface area contributed by atoms with Gasteiger partial charge in [-0.1, -0.05) is 32.9 Å². The van der Waals surface area contributed by atoms with Crippen LogP contribution in [-0.4, -0.2) is 4.98 Å². The van der Waals surface area contributed by atoms with Crippen molar-refractivity contribution in [2.45, 2.75) is 46.0 Å². The summed E-state index contributed by atoms with van der Waals surface area (Å²) < 4.78 is 0. The Morgan fingerprint density at radius 2 is 2.06 bits per heavy atom. The fourth-order valence-corrected chi connectivity index (χ4v) is 2.85. The maximum atomic E-state index is 4.91. The van der Waals surface area contributed by atoms with Gasteiger partial charge in [-0.3, -0.25) is 4.98 Å². The molecule has 0 saturated carbocycles. The Morgan fingerprint density at radius 3 is 2.83 bits per heavy atom. The summed E-state index contributed by atoms with van der Waals surface area (Å²) in [5.74, 6) is 1.36. The van der Waals surface area contributed by atoms with Crippen LogP contribution in [0.15, 0.2) is 24.3 Å². The molecule has 3 rings (SSSR count). The molecular weight excluding hydrogens is 218 g/mol. The molecule has 0 N–H and O–H groups in total. The van der Waals surface area contributed by atoms with E-state index in [-0.39, 0.29) is 0 Å². The normalized spacial score (nSPS) is 19.2. The molecule has 94 valence electrons. The van der Waals surface area contributed by atoms with Crippen LogP contribution >= 0.6 is 0 Å². The zero-order valence-electron chi connectivity index (χ0n) is 11.5. The van der Waals surface area contributed by atoms with Crippen molar-refractivity contribution in [3.05, 3.63) is 41.1 Å². The lowest BCUT2D eigenvalue weighted by molar-refractivity contribution is 0.493. The third kappa shape index (κ3) is 2.03. The monoisotopic (exact) mass is 239 g/mol. The Hall–Kier alpha value is -1.37. The maximum absolute atomic E-state index is 4.91. The van der Waals surface area contributed by atoms with Gasteiger partial charge in [-0.2, -0.15) is 0 Å². The predicted octanol–water partition coefficient (Wildman–Crippen LogP) is 4.48. The zero-order chi connectivity index (χ0) is 12.7. The fourth-order valence-electron chi connectivity index (χ4n) is 2.85. The fraction of sp³-hybridized carbons (Fsp3) is 0.471. The Morgan fingerprint density at radius 1 is 1.22 bits per heavy atom. The number of rotatable bonds is 1. The van der Waals surface area contributed by atoms with Gasteiger partial charge in [0, 0.05) is 11.1 Å². The van der Waals surface area contributed by atoms with Gasteiger partial charge in [-0.15, -0.1) is 0 Å². The molecule has 1 aromatic carbocycles. The quantitative estimate of drug-likeness (QED) is 0.715. The zero-order valence-corrected chi connectivity index (χ0v) is 11.5. The summed E-state index contributed by atoms with van der Waals surface area (Å²) in [5, 5.41) is 1.30. The lowest BCUT2D eigenvalue weighted by Crippen LogP contribution is -2.13. The maximum Gasteiger partial charge on any atom is 0.0708 e. The number of fused-ring (bicyclic) bond motifs is 2. The van der Waals surface area contributed by atoms with Gasteiger partial charge >= 0.3 is 0 Å². The summed E-state index contributed by atoms with van der Waals surface area (Å²) in [6.45, 7) is 6.81. The molecule has 0 saturated heterocycles. The molecule has 1 aromatic heterocycles. The lowest BCUT2D eigenvalue weighted by Gasteiger charge is -2.21. The Balaban J connectivity index is 2.13. The molecule has 1 nitrogen and oxygen atoms in total. The summed E-state index contributed by atoms with van der Waals surface area (Å²) in [7, 11) is 0. The van der Waals surface area contributed by atoms with E-state index in [1.807, 2.05) is 0 Å². The average molecular weight is 239 g/mol. The summed E-state index contributed by atoms with van der Waals surface area (Å²) >= 11 is 0. The van der Waals surface area contributed by atoms with E-state index < -0.39 is 0 Å². The molecule has 1 heterocycles. The van der Waals surface area contributed by atoms with E-state index >= 15 is 0 Å². The van der Waals surface area contributed by atoms with Gasteiger partial charge < -0.3 is 0 Å². The van der Waals surface area contributed by atoms with Gasteiger partial charge in [0.2, 0.25) is 0 Å². The van der Waals surface area contributed by atoms with Crippen LogP contribution in [0.25, 0.3) is 10.9 Å². The number of aryl methyl sites for hydroxylation is 1. The molecule has 0 spiro atoms. The number of aromatic nitrogens is 1. The van der Waals surface area contributed by atoms with Gasteiger partial charge in [-0.25, -0.2) is 0 Å². The Kier molecular flexibility index (Phi) is 2.85. The van der Waals surface area contributed by atoms with Gasteiger partial charge in [0.1, 0.15) is 0 Å². The highest BCUT2D eigenvalue weighted by Gasteiger charge is 2.17. The molecule has 1 aliphatic carbocycles. The molecule has 18 heavy (non-hydrogen) atoms. The van der Waals surface area contributed by atoms with E-state index in [9.17, 15) is 0 Å². The molecule has 1 atom stereocenters. The van der Waals surface area contributed by atoms with Crippen molar-refractivity contribution in [1.29, 1.82) is 0 Å². The highest BCUT2D eigenvalue weighted by Crippen LogP contribution is 2.28. The summed E-state index contributed by atoms with van der Waals surface area (Å²) in [5.41, 5.74) is 5.37. The molecule has 0 bridgehead atoms. The van der Waals surface area contributed by atoms with Crippen molar-refractivity contribution in [2.75, 3.05) is 0 Å².